The molecule has 0 radical (unpaired) electrons. The first-order chi connectivity index (χ1) is 10.1. The van der Waals surface area contributed by atoms with Crippen molar-refractivity contribution in [1.29, 1.82) is 0 Å². The Morgan fingerprint density at radius 1 is 1.00 bits per heavy atom. The van der Waals surface area contributed by atoms with Gasteiger partial charge in [-0.1, -0.05) is 42.3 Å². The van der Waals surface area contributed by atoms with Gasteiger partial charge in [0, 0.05) is 6.54 Å². The molecule has 0 aliphatic carbocycles. The van der Waals surface area contributed by atoms with Crippen molar-refractivity contribution in [2.75, 3.05) is 6.54 Å². The van der Waals surface area contributed by atoms with E-state index in [9.17, 15) is 0 Å². The Morgan fingerprint density at radius 2 is 1.67 bits per heavy atom. The highest BCUT2D eigenvalue weighted by atomic mass is 35.5. The molecule has 0 heterocycles. The lowest BCUT2D eigenvalue weighted by molar-refractivity contribution is 0.482. The number of hydrogen-bond donors (Lipinski definition) is 1. The maximum absolute atomic E-state index is 6.28. The first-order valence-corrected chi connectivity index (χ1v) is 7.79. The number of rotatable bonds is 6. The molecule has 0 amide bonds. The minimum atomic E-state index is 0.583. The number of aryl methyl sites for hydroxylation is 1. The minimum absolute atomic E-state index is 0.583. The second-order valence-corrected chi connectivity index (χ2v) is 5.79. The number of ether oxygens (including phenoxy) is 1. The summed E-state index contributed by atoms with van der Waals surface area (Å²) in [5.41, 5.74) is 2.23. The molecule has 0 unspecified atom stereocenters. The Labute approximate surface area is 136 Å². The van der Waals surface area contributed by atoms with E-state index in [-0.39, 0.29) is 0 Å². The molecule has 0 aliphatic rings. The van der Waals surface area contributed by atoms with Crippen LogP contribution in [0, 0.1) is 6.92 Å². The number of hydrogen-bond acceptors (Lipinski definition) is 2. The first-order valence-electron chi connectivity index (χ1n) is 7.03. The summed E-state index contributed by atoms with van der Waals surface area (Å²) >= 11 is 12.4. The van der Waals surface area contributed by atoms with Gasteiger partial charge >= 0.3 is 0 Å². The second kappa shape index (κ2) is 7.69. The summed E-state index contributed by atoms with van der Waals surface area (Å²) in [4.78, 5) is 0. The maximum Gasteiger partial charge on any atom is 0.146 e. The van der Waals surface area contributed by atoms with E-state index in [0.29, 0.717) is 21.5 Å². The Balaban J connectivity index is 2.10. The van der Waals surface area contributed by atoms with Crippen molar-refractivity contribution >= 4 is 23.2 Å². The fourth-order valence-electron chi connectivity index (χ4n) is 1.95. The molecule has 2 rings (SSSR count). The Morgan fingerprint density at radius 3 is 2.29 bits per heavy atom. The van der Waals surface area contributed by atoms with Crippen LogP contribution in [-0.2, 0) is 6.54 Å². The molecule has 0 spiro atoms. The van der Waals surface area contributed by atoms with E-state index >= 15 is 0 Å². The zero-order valence-corrected chi connectivity index (χ0v) is 13.8. The van der Waals surface area contributed by atoms with Gasteiger partial charge in [-0.3, -0.25) is 0 Å². The molecule has 1 N–H and O–H groups in total. The average Bonchev–Trinajstić information content (AvgIpc) is 2.44. The van der Waals surface area contributed by atoms with Gasteiger partial charge < -0.3 is 10.1 Å². The molecule has 2 aromatic carbocycles. The Bertz CT molecular complexity index is 614. The molecule has 2 nitrogen and oxygen atoms in total. The third-order valence-electron chi connectivity index (χ3n) is 3.06. The highest BCUT2D eigenvalue weighted by molar-refractivity contribution is 6.33. The summed E-state index contributed by atoms with van der Waals surface area (Å²) in [6, 6.07) is 11.5. The molecule has 0 atom stereocenters. The summed E-state index contributed by atoms with van der Waals surface area (Å²) < 4.78 is 5.79. The molecular weight excluding hydrogens is 305 g/mol. The van der Waals surface area contributed by atoms with Gasteiger partial charge in [0.15, 0.2) is 0 Å². The molecule has 112 valence electrons. The second-order valence-electron chi connectivity index (χ2n) is 4.98. The third-order valence-corrected chi connectivity index (χ3v) is 3.65. The van der Waals surface area contributed by atoms with Crippen LogP contribution in [0.2, 0.25) is 10.0 Å². The van der Waals surface area contributed by atoms with Crippen LogP contribution in [0.3, 0.4) is 0 Å². The van der Waals surface area contributed by atoms with Gasteiger partial charge in [-0.15, -0.1) is 0 Å². The first kappa shape index (κ1) is 16.2. The average molecular weight is 324 g/mol. The van der Waals surface area contributed by atoms with Crippen LogP contribution in [0.5, 0.6) is 11.5 Å². The smallest absolute Gasteiger partial charge is 0.146 e. The quantitative estimate of drug-likeness (QED) is 0.699. The molecule has 0 saturated heterocycles. The summed E-state index contributed by atoms with van der Waals surface area (Å²) in [5.74, 6) is 1.22. The molecule has 0 saturated carbocycles. The lowest BCUT2D eigenvalue weighted by Gasteiger charge is -2.11. The molecular formula is C17H19Cl2NO. The normalized spacial score (nSPS) is 10.7. The minimum Gasteiger partial charge on any atom is -0.454 e. The summed E-state index contributed by atoms with van der Waals surface area (Å²) in [6.45, 7) is 5.93. The van der Waals surface area contributed by atoms with Crippen molar-refractivity contribution < 1.29 is 4.74 Å². The SMILES string of the molecule is CCCNCc1ccc(Oc2ccc(C)cc2Cl)c(Cl)c1. The van der Waals surface area contributed by atoms with Crippen molar-refractivity contribution in [3.05, 3.63) is 57.6 Å². The van der Waals surface area contributed by atoms with Crippen molar-refractivity contribution in [1.82, 2.24) is 5.32 Å². The Hall–Kier alpha value is -1.22. The van der Waals surface area contributed by atoms with E-state index in [1.165, 1.54) is 0 Å². The van der Waals surface area contributed by atoms with E-state index in [0.717, 1.165) is 30.6 Å². The van der Waals surface area contributed by atoms with Gasteiger partial charge in [0.2, 0.25) is 0 Å². The van der Waals surface area contributed by atoms with Crippen molar-refractivity contribution in [3.8, 4) is 11.5 Å². The highest BCUT2D eigenvalue weighted by Gasteiger charge is 2.07. The van der Waals surface area contributed by atoms with Gasteiger partial charge in [-0.05, 0) is 55.3 Å². The highest BCUT2D eigenvalue weighted by Crippen LogP contribution is 2.34. The fourth-order valence-corrected chi connectivity index (χ4v) is 2.47. The van der Waals surface area contributed by atoms with Crippen LogP contribution in [0.25, 0.3) is 0 Å². The van der Waals surface area contributed by atoms with Gasteiger partial charge in [0.25, 0.3) is 0 Å². The lowest BCUT2D eigenvalue weighted by Crippen LogP contribution is -2.13. The van der Waals surface area contributed by atoms with Crippen LogP contribution < -0.4 is 10.1 Å². The van der Waals surface area contributed by atoms with Crippen LogP contribution in [0.15, 0.2) is 36.4 Å². The summed E-state index contributed by atoms with van der Waals surface area (Å²) in [7, 11) is 0. The van der Waals surface area contributed by atoms with E-state index in [4.69, 9.17) is 27.9 Å². The number of nitrogens with one attached hydrogen (secondary N) is 1. The van der Waals surface area contributed by atoms with Crippen molar-refractivity contribution in [2.24, 2.45) is 0 Å². The molecule has 4 heteroatoms. The van der Waals surface area contributed by atoms with Crippen LogP contribution in [-0.4, -0.2) is 6.54 Å². The predicted molar refractivity (Wildman–Crippen MR) is 89.7 cm³/mol. The van der Waals surface area contributed by atoms with Crippen molar-refractivity contribution in [3.63, 3.8) is 0 Å². The number of halogens is 2. The topological polar surface area (TPSA) is 21.3 Å². The monoisotopic (exact) mass is 323 g/mol. The number of benzene rings is 2. The van der Waals surface area contributed by atoms with E-state index in [1.54, 1.807) is 0 Å². The van der Waals surface area contributed by atoms with Crippen LogP contribution in [0.1, 0.15) is 24.5 Å². The maximum atomic E-state index is 6.28. The zero-order valence-electron chi connectivity index (χ0n) is 12.2. The fraction of sp³-hybridized carbons (Fsp3) is 0.294. The van der Waals surface area contributed by atoms with Gasteiger partial charge in [0.1, 0.15) is 11.5 Å². The Kier molecular flexibility index (Phi) is 5.92. The largest absolute Gasteiger partial charge is 0.454 e. The van der Waals surface area contributed by atoms with Gasteiger partial charge in [0.05, 0.1) is 10.0 Å². The summed E-state index contributed by atoms with van der Waals surface area (Å²) in [6.07, 6.45) is 1.11. The molecule has 0 aromatic heterocycles. The summed E-state index contributed by atoms with van der Waals surface area (Å²) in [5, 5.41) is 4.51. The van der Waals surface area contributed by atoms with E-state index in [2.05, 4.69) is 12.2 Å². The molecule has 0 aliphatic heterocycles. The molecule has 21 heavy (non-hydrogen) atoms. The predicted octanol–water partition coefficient (Wildman–Crippen LogP) is 5.59. The van der Waals surface area contributed by atoms with E-state index in [1.807, 2.05) is 43.3 Å². The van der Waals surface area contributed by atoms with E-state index < -0.39 is 0 Å². The molecule has 0 fully saturated rings. The molecule has 2 aromatic rings. The van der Waals surface area contributed by atoms with Gasteiger partial charge in [-0.2, -0.15) is 0 Å². The standard InChI is InChI=1S/C17H19Cl2NO/c1-3-8-20-11-13-5-7-17(15(19)10-13)21-16-6-4-12(2)9-14(16)18/h4-7,9-10,20H,3,8,11H2,1-2H3. The lowest BCUT2D eigenvalue weighted by atomic mass is 10.2. The third kappa shape index (κ3) is 4.63. The van der Waals surface area contributed by atoms with Gasteiger partial charge in [-0.25, -0.2) is 0 Å². The van der Waals surface area contributed by atoms with Crippen molar-refractivity contribution in [2.45, 2.75) is 26.8 Å². The van der Waals surface area contributed by atoms with Crippen LogP contribution >= 0.6 is 23.2 Å². The molecule has 0 bridgehead atoms. The van der Waals surface area contributed by atoms with Crippen LogP contribution in [0.4, 0.5) is 0 Å². The zero-order chi connectivity index (χ0) is 15.2.